The van der Waals surface area contributed by atoms with Crippen LogP contribution in [0.15, 0.2) is 24.5 Å². The van der Waals surface area contributed by atoms with Crippen LogP contribution in [0.1, 0.15) is 62.5 Å². The molecule has 0 unspecified atom stereocenters. The second-order valence-corrected chi connectivity index (χ2v) is 8.11. The Kier molecular flexibility index (Phi) is 8.63. The van der Waals surface area contributed by atoms with Gasteiger partial charge in [0, 0.05) is 30.9 Å². The number of carbonyl (C=O) groups excluding carboxylic acids is 1. The molecule has 0 atom stereocenters. The van der Waals surface area contributed by atoms with Crippen molar-refractivity contribution in [1.29, 1.82) is 0 Å². The third-order valence-electron chi connectivity index (χ3n) is 5.57. The number of nitrogens with zero attached hydrogens (tertiary/aromatic N) is 5. The number of hydrogen-bond donors (Lipinski definition) is 0. The van der Waals surface area contributed by atoms with Crippen LogP contribution >= 0.6 is 0 Å². The van der Waals surface area contributed by atoms with E-state index in [1.807, 2.05) is 43.9 Å². The highest BCUT2D eigenvalue weighted by Gasteiger charge is 2.18. The van der Waals surface area contributed by atoms with Gasteiger partial charge in [0.1, 0.15) is 6.33 Å². The second-order valence-electron chi connectivity index (χ2n) is 8.11. The molecule has 0 N–H and O–H groups in total. The number of ether oxygens (including phenoxy) is 2. The molecule has 0 bridgehead atoms. The third kappa shape index (κ3) is 6.00. The highest BCUT2D eigenvalue weighted by Crippen LogP contribution is 2.29. The molecule has 0 aliphatic heterocycles. The van der Waals surface area contributed by atoms with Crippen molar-refractivity contribution < 1.29 is 14.3 Å². The largest absolute Gasteiger partial charge is 0.490 e. The molecule has 0 saturated carbocycles. The summed E-state index contributed by atoms with van der Waals surface area (Å²) in [5.41, 5.74) is 3.96. The summed E-state index contributed by atoms with van der Waals surface area (Å²) in [6.45, 7) is 12.5. The van der Waals surface area contributed by atoms with E-state index in [0.717, 1.165) is 46.9 Å². The first kappa shape index (κ1) is 24.5. The molecule has 0 fully saturated rings. The summed E-state index contributed by atoms with van der Waals surface area (Å²) in [6, 6.07) is 5.94. The third-order valence-corrected chi connectivity index (χ3v) is 5.57. The van der Waals surface area contributed by atoms with Crippen LogP contribution in [0.25, 0.3) is 5.78 Å². The van der Waals surface area contributed by atoms with Crippen LogP contribution in [0.3, 0.4) is 0 Å². The van der Waals surface area contributed by atoms with Gasteiger partial charge in [0.15, 0.2) is 11.5 Å². The van der Waals surface area contributed by atoms with Gasteiger partial charge in [0.25, 0.3) is 5.78 Å². The van der Waals surface area contributed by atoms with Gasteiger partial charge in [-0.15, -0.1) is 0 Å². The first-order chi connectivity index (χ1) is 16.0. The lowest BCUT2D eigenvalue weighted by molar-refractivity contribution is -0.131. The predicted molar refractivity (Wildman–Crippen MR) is 128 cm³/mol. The molecule has 0 saturated heterocycles. The number of hydrogen-bond acceptors (Lipinski definition) is 6. The summed E-state index contributed by atoms with van der Waals surface area (Å²) in [5.74, 6) is 2.19. The summed E-state index contributed by atoms with van der Waals surface area (Å²) < 4.78 is 13.3. The molecule has 3 rings (SSSR count). The minimum absolute atomic E-state index is 0.124. The van der Waals surface area contributed by atoms with Crippen molar-refractivity contribution in [2.45, 2.75) is 66.8 Å². The van der Waals surface area contributed by atoms with Crippen molar-refractivity contribution in [3.8, 4) is 11.5 Å². The highest BCUT2D eigenvalue weighted by atomic mass is 16.5. The molecule has 8 nitrogen and oxygen atoms in total. The molecular formula is C25H35N5O3. The quantitative estimate of drug-likeness (QED) is 0.407. The first-order valence-electron chi connectivity index (χ1n) is 11.8. The maximum Gasteiger partial charge on any atom is 0.252 e. The molecular weight excluding hydrogens is 418 g/mol. The van der Waals surface area contributed by atoms with Crippen molar-refractivity contribution >= 4 is 11.7 Å². The van der Waals surface area contributed by atoms with Gasteiger partial charge in [0.05, 0.1) is 13.2 Å². The van der Waals surface area contributed by atoms with Gasteiger partial charge in [-0.25, -0.2) is 9.50 Å². The molecule has 33 heavy (non-hydrogen) atoms. The Hall–Kier alpha value is -3.16. The minimum Gasteiger partial charge on any atom is -0.490 e. The molecule has 0 aliphatic carbocycles. The maximum atomic E-state index is 13.2. The molecule has 1 amide bonds. The number of benzene rings is 1. The van der Waals surface area contributed by atoms with Gasteiger partial charge in [-0.3, -0.25) is 4.79 Å². The first-order valence-corrected chi connectivity index (χ1v) is 11.8. The van der Waals surface area contributed by atoms with E-state index in [4.69, 9.17) is 9.47 Å². The lowest BCUT2D eigenvalue weighted by Crippen LogP contribution is -2.31. The van der Waals surface area contributed by atoms with Crippen LogP contribution in [0.2, 0.25) is 0 Å². The van der Waals surface area contributed by atoms with E-state index in [2.05, 4.69) is 28.9 Å². The van der Waals surface area contributed by atoms with Crippen LogP contribution in [0.5, 0.6) is 11.5 Å². The fourth-order valence-electron chi connectivity index (χ4n) is 3.94. The Balaban J connectivity index is 1.72. The number of amides is 1. The molecule has 178 valence electrons. The Labute approximate surface area is 195 Å². The van der Waals surface area contributed by atoms with Crippen LogP contribution in [0, 0.1) is 13.8 Å². The van der Waals surface area contributed by atoms with E-state index in [1.54, 1.807) is 4.52 Å². The smallest absolute Gasteiger partial charge is 0.252 e. The molecule has 8 heteroatoms. The average molecular weight is 454 g/mol. The maximum absolute atomic E-state index is 13.2. The van der Waals surface area contributed by atoms with Crippen molar-refractivity contribution in [3.05, 3.63) is 47.0 Å². The number of rotatable bonds is 12. The van der Waals surface area contributed by atoms with E-state index in [1.165, 1.54) is 6.33 Å². The molecule has 3 aromatic rings. The van der Waals surface area contributed by atoms with E-state index in [0.29, 0.717) is 44.9 Å². The number of fused-ring (bicyclic) bond motifs is 1. The van der Waals surface area contributed by atoms with Gasteiger partial charge in [0.2, 0.25) is 5.91 Å². The fraction of sp³-hybridized carbons (Fsp3) is 0.520. The zero-order valence-electron chi connectivity index (χ0n) is 20.4. The number of aryl methyl sites for hydroxylation is 2. The molecule has 2 aromatic heterocycles. The summed E-state index contributed by atoms with van der Waals surface area (Å²) >= 11 is 0. The summed E-state index contributed by atoms with van der Waals surface area (Å²) in [6.07, 6.45) is 4.37. The van der Waals surface area contributed by atoms with Gasteiger partial charge in [-0.05, 0) is 63.3 Å². The van der Waals surface area contributed by atoms with E-state index >= 15 is 0 Å². The molecule has 0 spiro atoms. The Morgan fingerprint density at radius 2 is 1.91 bits per heavy atom. The Morgan fingerprint density at radius 1 is 1.09 bits per heavy atom. The van der Waals surface area contributed by atoms with Gasteiger partial charge in [-0.1, -0.05) is 19.9 Å². The zero-order chi connectivity index (χ0) is 23.8. The van der Waals surface area contributed by atoms with Crippen molar-refractivity contribution in [3.63, 3.8) is 0 Å². The standard InChI is InChI=1S/C25H35N5O3/c1-6-13-29(16-20-9-11-22(33-14-7-2)23(15-20)32-8-3)24(31)12-10-21-18(4)28-25-26-17-27-30(25)19(21)5/h9,11,15,17H,6-8,10,12-14,16H2,1-5H3. The Morgan fingerprint density at radius 3 is 2.64 bits per heavy atom. The number of aromatic nitrogens is 4. The Bertz CT molecular complexity index is 1080. The monoisotopic (exact) mass is 453 g/mol. The summed E-state index contributed by atoms with van der Waals surface area (Å²) in [7, 11) is 0. The zero-order valence-corrected chi connectivity index (χ0v) is 20.4. The van der Waals surface area contributed by atoms with Gasteiger partial charge in [-0.2, -0.15) is 10.1 Å². The molecule has 0 aliphatic rings. The minimum atomic E-state index is 0.124. The van der Waals surface area contributed by atoms with Crippen molar-refractivity contribution in [2.75, 3.05) is 19.8 Å². The number of carbonyl (C=O) groups is 1. The summed E-state index contributed by atoms with van der Waals surface area (Å²) in [4.78, 5) is 23.8. The normalized spacial score (nSPS) is 11.1. The SMILES string of the molecule is CCCOc1ccc(CN(CCC)C(=O)CCc2c(C)nc3ncnn3c2C)cc1OCC. The molecule has 0 radical (unpaired) electrons. The lowest BCUT2D eigenvalue weighted by Gasteiger charge is -2.23. The predicted octanol–water partition coefficient (Wildman–Crippen LogP) is 4.30. The van der Waals surface area contributed by atoms with Crippen LogP contribution in [-0.2, 0) is 17.8 Å². The van der Waals surface area contributed by atoms with Crippen molar-refractivity contribution in [1.82, 2.24) is 24.5 Å². The highest BCUT2D eigenvalue weighted by molar-refractivity contribution is 5.76. The molecule has 2 heterocycles. The van der Waals surface area contributed by atoms with Crippen LogP contribution in [-0.4, -0.2) is 50.1 Å². The van der Waals surface area contributed by atoms with E-state index in [-0.39, 0.29) is 5.91 Å². The molecule has 1 aromatic carbocycles. The second kappa shape index (κ2) is 11.6. The van der Waals surface area contributed by atoms with Gasteiger partial charge >= 0.3 is 0 Å². The van der Waals surface area contributed by atoms with E-state index < -0.39 is 0 Å². The van der Waals surface area contributed by atoms with Crippen molar-refractivity contribution in [2.24, 2.45) is 0 Å². The van der Waals surface area contributed by atoms with Crippen LogP contribution < -0.4 is 9.47 Å². The fourth-order valence-corrected chi connectivity index (χ4v) is 3.94. The van der Waals surface area contributed by atoms with Crippen LogP contribution in [0.4, 0.5) is 0 Å². The van der Waals surface area contributed by atoms with Gasteiger partial charge < -0.3 is 14.4 Å². The summed E-state index contributed by atoms with van der Waals surface area (Å²) in [5, 5.41) is 4.24. The topological polar surface area (TPSA) is 81.9 Å². The average Bonchev–Trinajstić information content (AvgIpc) is 3.27. The lowest BCUT2D eigenvalue weighted by atomic mass is 10.1. The van der Waals surface area contributed by atoms with E-state index in [9.17, 15) is 4.79 Å².